The number of hydrogen-bond acceptors (Lipinski definition) is 3. The highest BCUT2D eigenvalue weighted by atomic mass is 35.5. The molecule has 0 saturated carbocycles. The summed E-state index contributed by atoms with van der Waals surface area (Å²) < 4.78 is 44.2. The summed E-state index contributed by atoms with van der Waals surface area (Å²) in [5, 5.41) is 4.11. The molecule has 1 aliphatic heterocycles. The average Bonchev–Trinajstić information content (AvgIpc) is 3.15. The molecule has 1 aromatic carbocycles. The smallest absolute Gasteiger partial charge is 0.318 e. The maximum Gasteiger partial charge on any atom is 0.440 e. The highest BCUT2D eigenvalue weighted by Crippen LogP contribution is 2.45. The van der Waals surface area contributed by atoms with E-state index in [-0.39, 0.29) is 33.4 Å². The van der Waals surface area contributed by atoms with E-state index >= 15 is 0 Å². The number of carbonyl (C=O) groups is 2. The molecule has 0 spiro atoms. The first-order chi connectivity index (χ1) is 15.3. The fraction of sp³-hybridized carbons (Fsp3) is 0.476. The fourth-order valence-electron chi connectivity index (χ4n) is 3.82. The molecular weight excluding hydrogens is 482 g/mol. The molecule has 0 radical (unpaired) electrons. The number of halogens is 5. The molecule has 3 rings (SSSR count). The van der Waals surface area contributed by atoms with Crippen molar-refractivity contribution in [2.24, 2.45) is 0 Å². The van der Waals surface area contributed by atoms with Gasteiger partial charge in [0.25, 0.3) is 11.6 Å². The zero-order chi connectivity index (χ0) is 24.6. The van der Waals surface area contributed by atoms with E-state index in [0.717, 1.165) is 13.0 Å². The average molecular weight is 505 g/mol. The molecule has 0 saturated heterocycles. The lowest BCUT2D eigenvalue weighted by Gasteiger charge is -2.32. The Morgan fingerprint density at radius 3 is 2.58 bits per heavy atom. The van der Waals surface area contributed by atoms with Crippen molar-refractivity contribution in [1.29, 1.82) is 0 Å². The van der Waals surface area contributed by atoms with Crippen molar-refractivity contribution in [2.45, 2.75) is 37.5 Å². The quantitative estimate of drug-likeness (QED) is 0.325. The molecule has 1 aliphatic rings. The van der Waals surface area contributed by atoms with Gasteiger partial charge in [-0.15, -0.1) is 6.42 Å². The number of nitrogens with zero attached hydrogens (tertiary/aromatic N) is 3. The number of aromatic nitrogens is 2. The molecule has 0 fully saturated rings. The summed E-state index contributed by atoms with van der Waals surface area (Å²) >= 11 is 11.9. The number of anilines is 1. The number of amides is 2. The lowest BCUT2D eigenvalue weighted by Crippen LogP contribution is -2.63. The first-order valence-corrected chi connectivity index (χ1v) is 10.9. The normalized spacial score (nSPS) is 18.2. The number of imidazole rings is 1. The number of carbonyl (C=O) groups excluding carboxylic acids is 2. The summed E-state index contributed by atoms with van der Waals surface area (Å²) in [7, 11) is 3.95. The third kappa shape index (κ3) is 4.76. The second-order valence-electron chi connectivity index (χ2n) is 8.57. The minimum Gasteiger partial charge on any atom is -0.318 e. The van der Waals surface area contributed by atoms with Crippen LogP contribution in [-0.4, -0.2) is 59.2 Å². The number of fused-ring (bicyclic) bond motifs is 3. The summed E-state index contributed by atoms with van der Waals surface area (Å²) in [6, 6.07) is 2.47. The molecule has 178 valence electrons. The van der Waals surface area contributed by atoms with Crippen LogP contribution >= 0.6 is 23.2 Å². The van der Waals surface area contributed by atoms with E-state index in [1.165, 1.54) is 12.1 Å². The molecule has 1 atom stereocenters. The minimum absolute atomic E-state index is 0.0141. The molecular formula is C21H23Cl2F3N5O2+. The van der Waals surface area contributed by atoms with Crippen LogP contribution < -0.4 is 10.6 Å². The van der Waals surface area contributed by atoms with Crippen molar-refractivity contribution < 1.29 is 27.2 Å². The zero-order valence-electron chi connectivity index (χ0n) is 18.0. The first kappa shape index (κ1) is 25.1. The molecule has 2 aromatic rings. The van der Waals surface area contributed by atoms with E-state index in [4.69, 9.17) is 29.6 Å². The van der Waals surface area contributed by atoms with Crippen LogP contribution in [0.3, 0.4) is 0 Å². The number of benzene rings is 1. The van der Waals surface area contributed by atoms with Gasteiger partial charge in [-0.05, 0) is 37.3 Å². The van der Waals surface area contributed by atoms with Gasteiger partial charge < -0.3 is 9.80 Å². The Morgan fingerprint density at radius 2 is 1.94 bits per heavy atom. The molecule has 0 aliphatic carbocycles. The predicted octanol–water partition coefficient (Wildman–Crippen LogP) is 3.90. The van der Waals surface area contributed by atoms with Crippen LogP contribution in [0.15, 0.2) is 12.1 Å². The van der Waals surface area contributed by atoms with Crippen LogP contribution in [0, 0.1) is 12.3 Å². The maximum absolute atomic E-state index is 14.3. The van der Waals surface area contributed by atoms with Crippen molar-refractivity contribution in [1.82, 2.24) is 14.9 Å². The number of rotatable bonds is 8. The van der Waals surface area contributed by atoms with Crippen LogP contribution in [0.2, 0.25) is 10.0 Å². The van der Waals surface area contributed by atoms with Crippen LogP contribution in [0.25, 0.3) is 11.0 Å². The van der Waals surface area contributed by atoms with Gasteiger partial charge in [-0.25, -0.2) is 4.98 Å². The Labute approximate surface area is 198 Å². The van der Waals surface area contributed by atoms with E-state index in [0.29, 0.717) is 28.4 Å². The Balaban J connectivity index is 1.80. The summed E-state index contributed by atoms with van der Waals surface area (Å²) in [4.78, 5) is 29.1. The Morgan fingerprint density at radius 1 is 1.27 bits per heavy atom. The monoisotopic (exact) mass is 504 g/mol. The fourth-order valence-corrected chi connectivity index (χ4v) is 4.14. The van der Waals surface area contributed by atoms with Crippen LogP contribution in [-0.2, 0) is 15.3 Å². The van der Waals surface area contributed by atoms with Gasteiger partial charge in [0.15, 0.2) is 0 Å². The van der Waals surface area contributed by atoms with Gasteiger partial charge in [0.05, 0.1) is 41.7 Å². The van der Waals surface area contributed by atoms with Gasteiger partial charge in [0.2, 0.25) is 11.9 Å². The zero-order valence-corrected chi connectivity index (χ0v) is 19.5. The van der Waals surface area contributed by atoms with Crippen LogP contribution in [0.1, 0.15) is 25.7 Å². The second-order valence-corrected chi connectivity index (χ2v) is 9.38. The molecule has 33 heavy (non-hydrogen) atoms. The Hall–Kier alpha value is -2.48. The first-order valence-electron chi connectivity index (χ1n) is 10.1. The lowest BCUT2D eigenvalue weighted by molar-refractivity contribution is -0.883. The number of alkyl halides is 3. The van der Waals surface area contributed by atoms with Crippen molar-refractivity contribution >= 4 is 52.0 Å². The Kier molecular flexibility index (Phi) is 6.89. The van der Waals surface area contributed by atoms with Crippen molar-refractivity contribution in [3.63, 3.8) is 0 Å². The van der Waals surface area contributed by atoms with E-state index in [1.54, 1.807) is 0 Å². The van der Waals surface area contributed by atoms with Gasteiger partial charge in [-0.2, -0.15) is 13.2 Å². The number of nitrogens with one attached hydrogen (secondary N) is 2. The van der Waals surface area contributed by atoms with Gasteiger partial charge in [-0.1, -0.05) is 23.2 Å². The van der Waals surface area contributed by atoms with Gasteiger partial charge in [-0.3, -0.25) is 19.5 Å². The summed E-state index contributed by atoms with van der Waals surface area (Å²) in [6.45, 7) is 1.33. The number of unbranched alkanes of at least 4 members (excludes halogenated alkanes) is 2. The summed E-state index contributed by atoms with van der Waals surface area (Å²) in [5.41, 5.74) is -3.35. The Bertz CT molecular complexity index is 1140. The molecule has 2 N–H and O–H groups in total. The van der Waals surface area contributed by atoms with E-state index < -0.39 is 23.7 Å². The SMILES string of the molecule is C#CC[N+](C)(C)CCCCCC(=O)NC1(C(F)(F)F)C(=O)Nc2nc3cc(Cl)c(Cl)cc3n21. The number of hydrogen-bond donors (Lipinski definition) is 2. The van der Waals surface area contributed by atoms with Crippen LogP contribution in [0.4, 0.5) is 19.1 Å². The summed E-state index contributed by atoms with van der Waals surface area (Å²) in [5.74, 6) is -0.125. The highest BCUT2D eigenvalue weighted by Gasteiger charge is 2.67. The van der Waals surface area contributed by atoms with E-state index in [9.17, 15) is 22.8 Å². The second kappa shape index (κ2) is 9.05. The third-order valence-electron chi connectivity index (χ3n) is 5.50. The molecule has 7 nitrogen and oxygen atoms in total. The molecule has 0 bridgehead atoms. The largest absolute Gasteiger partial charge is 0.440 e. The van der Waals surface area contributed by atoms with Gasteiger partial charge >= 0.3 is 6.18 Å². The van der Waals surface area contributed by atoms with Crippen LogP contribution in [0.5, 0.6) is 0 Å². The number of quaternary nitrogens is 1. The molecule has 2 amide bonds. The number of terminal acetylenes is 1. The van der Waals surface area contributed by atoms with E-state index in [2.05, 4.69) is 16.2 Å². The van der Waals surface area contributed by atoms with Crippen molar-refractivity contribution in [3.8, 4) is 12.3 Å². The topological polar surface area (TPSA) is 76.0 Å². The van der Waals surface area contributed by atoms with Crippen molar-refractivity contribution in [2.75, 3.05) is 32.5 Å². The molecule has 1 unspecified atom stereocenters. The highest BCUT2D eigenvalue weighted by molar-refractivity contribution is 6.42. The van der Waals surface area contributed by atoms with Gasteiger partial charge in [0.1, 0.15) is 6.54 Å². The summed E-state index contributed by atoms with van der Waals surface area (Å²) in [6.07, 6.45) is 1.73. The molecule has 1 aromatic heterocycles. The van der Waals surface area contributed by atoms with E-state index in [1.807, 2.05) is 19.4 Å². The van der Waals surface area contributed by atoms with Crippen molar-refractivity contribution in [3.05, 3.63) is 22.2 Å². The predicted molar refractivity (Wildman–Crippen MR) is 120 cm³/mol. The third-order valence-corrected chi connectivity index (χ3v) is 6.23. The minimum atomic E-state index is -5.16. The molecule has 2 heterocycles. The lowest BCUT2D eigenvalue weighted by atomic mass is 10.1. The maximum atomic E-state index is 14.3. The van der Waals surface area contributed by atoms with Gasteiger partial charge in [0, 0.05) is 6.42 Å². The molecule has 12 heteroatoms. The standard InChI is InChI=1S/C21H22Cl2F3N5O2/c1-4-9-31(2,3)10-7-5-6-8-17(32)29-20(21(24,25)26)18(33)28-19-27-15-11-13(22)14(23)12-16(15)30(19)20/h1,11-12H,5-10H2,2-3H3,(H-,27,28,29,32,33)/p+1.